The third-order valence-electron chi connectivity index (χ3n) is 8.99. The van der Waals surface area contributed by atoms with Crippen molar-refractivity contribution in [3.63, 3.8) is 0 Å². The summed E-state index contributed by atoms with van der Waals surface area (Å²) in [6, 6.07) is 25.3. The number of carbonyl (C=O) groups excluding carboxylic acids is 1. The van der Waals surface area contributed by atoms with Crippen LogP contribution in [0.5, 0.6) is 0 Å². The molecule has 1 aliphatic heterocycles. The van der Waals surface area contributed by atoms with E-state index in [0.29, 0.717) is 0 Å². The van der Waals surface area contributed by atoms with Crippen LogP contribution in [0.25, 0.3) is 17.2 Å². The van der Waals surface area contributed by atoms with Crippen LogP contribution in [0.2, 0.25) is 0 Å². The molecular formula is C36H44BNO4. The molecule has 1 aliphatic carbocycles. The van der Waals surface area contributed by atoms with Crippen molar-refractivity contribution in [2.24, 2.45) is 0 Å². The normalized spacial score (nSPS) is 17.2. The van der Waals surface area contributed by atoms with Gasteiger partial charge in [-0.25, -0.2) is 4.79 Å². The van der Waals surface area contributed by atoms with E-state index in [1.165, 1.54) is 53.5 Å². The molecule has 5 rings (SSSR count). The van der Waals surface area contributed by atoms with Gasteiger partial charge in [-0.15, -0.1) is 0 Å². The number of hydrogen-bond donors (Lipinski definition) is 1. The maximum atomic E-state index is 13.0. The number of alkyl carbamates (subject to hydrolysis) is 1. The standard InChI is InChI=1S/C36H44BNO4/c1-6-7-8-9-14-26-19-21-27(22-20-26)23-28(37-41-35(2,3)36(4,5)42-37)24-38-34(39)40-25-33-31-17-12-10-15-29(31)30-16-11-13-18-32(30)33/h10-13,15-23,33H,6-9,14,24-25H2,1-5H3,(H,38,39). The minimum absolute atomic E-state index is 0.0155. The summed E-state index contributed by atoms with van der Waals surface area (Å²) in [5.41, 5.74) is 7.07. The molecule has 3 aromatic rings. The van der Waals surface area contributed by atoms with Gasteiger partial charge in [-0.2, -0.15) is 0 Å². The average Bonchev–Trinajstić information content (AvgIpc) is 3.41. The number of amides is 1. The number of nitrogens with one attached hydrogen (secondary N) is 1. The van der Waals surface area contributed by atoms with E-state index in [0.717, 1.165) is 17.5 Å². The highest BCUT2D eigenvalue weighted by molar-refractivity contribution is 6.56. The second-order valence-corrected chi connectivity index (χ2v) is 12.5. The van der Waals surface area contributed by atoms with E-state index in [-0.39, 0.29) is 19.1 Å². The van der Waals surface area contributed by atoms with Crippen LogP contribution in [0, 0.1) is 0 Å². The maximum absolute atomic E-state index is 13.0. The molecule has 6 heteroatoms. The number of benzene rings is 3. The van der Waals surface area contributed by atoms with Crippen LogP contribution in [0.4, 0.5) is 4.79 Å². The fourth-order valence-corrected chi connectivity index (χ4v) is 5.77. The van der Waals surface area contributed by atoms with Gasteiger partial charge < -0.3 is 19.4 Å². The van der Waals surface area contributed by atoms with Crippen LogP contribution in [0.15, 0.2) is 78.3 Å². The highest BCUT2D eigenvalue weighted by Gasteiger charge is 2.52. The van der Waals surface area contributed by atoms with Gasteiger partial charge >= 0.3 is 13.2 Å². The molecule has 5 nitrogen and oxygen atoms in total. The van der Waals surface area contributed by atoms with Crippen molar-refractivity contribution in [2.75, 3.05) is 13.2 Å². The van der Waals surface area contributed by atoms with Crippen molar-refractivity contribution in [2.45, 2.75) is 83.8 Å². The summed E-state index contributed by atoms with van der Waals surface area (Å²) in [6.07, 6.45) is 7.72. The maximum Gasteiger partial charge on any atom is 0.492 e. The number of hydrogen-bond acceptors (Lipinski definition) is 4. The lowest BCUT2D eigenvalue weighted by Crippen LogP contribution is -2.41. The van der Waals surface area contributed by atoms with Gasteiger partial charge in [0.2, 0.25) is 0 Å². The summed E-state index contributed by atoms with van der Waals surface area (Å²) in [4.78, 5) is 13.0. The SMILES string of the molecule is CCCCCCc1ccc(C=C(CNC(=O)OCC2c3ccccc3-c3ccccc32)B2OC(C)(C)C(C)(C)O2)cc1. The lowest BCUT2D eigenvalue weighted by molar-refractivity contribution is 0.00578. The Bertz CT molecular complexity index is 1350. The molecule has 1 heterocycles. The summed E-state index contributed by atoms with van der Waals surface area (Å²) >= 11 is 0. The van der Waals surface area contributed by atoms with Crippen LogP contribution >= 0.6 is 0 Å². The van der Waals surface area contributed by atoms with Crippen molar-refractivity contribution in [1.29, 1.82) is 0 Å². The minimum Gasteiger partial charge on any atom is -0.449 e. The quantitative estimate of drug-likeness (QED) is 0.188. The molecule has 0 atom stereocenters. The number of rotatable bonds is 11. The molecule has 0 aromatic heterocycles. The summed E-state index contributed by atoms with van der Waals surface area (Å²) in [5.74, 6) is 0.0155. The van der Waals surface area contributed by atoms with E-state index in [1.54, 1.807) is 0 Å². The number of ether oxygens (including phenoxy) is 1. The molecule has 42 heavy (non-hydrogen) atoms. The van der Waals surface area contributed by atoms with Crippen molar-refractivity contribution in [3.8, 4) is 11.1 Å². The molecule has 3 aromatic carbocycles. The first-order valence-corrected chi connectivity index (χ1v) is 15.4. The molecule has 0 radical (unpaired) electrons. The molecule has 1 fully saturated rings. The van der Waals surface area contributed by atoms with Crippen LogP contribution in [0.3, 0.4) is 0 Å². The Morgan fingerprint density at radius 2 is 1.45 bits per heavy atom. The molecule has 2 aliphatic rings. The number of unbranched alkanes of at least 4 members (excludes halogenated alkanes) is 3. The molecular weight excluding hydrogens is 521 g/mol. The van der Waals surface area contributed by atoms with Gasteiger partial charge in [0.15, 0.2) is 0 Å². The molecule has 1 N–H and O–H groups in total. The molecule has 0 saturated carbocycles. The van der Waals surface area contributed by atoms with Crippen LogP contribution in [-0.2, 0) is 20.5 Å². The highest BCUT2D eigenvalue weighted by Crippen LogP contribution is 2.44. The number of fused-ring (bicyclic) bond motifs is 3. The first kappa shape index (κ1) is 30.1. The zero-order valence-electron chi connectivity index (χ0n) is 25.7. The van der Waals surface area contributed by atoms with Gasteiger partial charge in [-0.05, 0) is 79.4 Å². The van der Waals surface area contributed by atoms with E-state index in [1.807, 2.05) is 39.8 Å². The zero-order chi connectivity index (χ0) is 29.7. The van der Waals surface area contributed by atoms with Crippen molar-refractivity contribution in [3.05, 3.63) is 101 Å². The van der Waals surface area contributed by atoms with Gasteiger partial charge in [0.25, 0.3) is 0 Å². The fraction of sp³-hybridized carbons (Fsp3) is 0.417. The summed E-state index contributed by atoms with van der Waals surface area (Å²) in [6.45, 7) is 10.9. The molecule has 1 amide bonds. The fourth-order valence-electron chi connectivity index (χ4n) is 5.77. The van der Waals surface area contributed by atoms with Gasteiger partial charge in [0.1, 0.15) is 6.61 Å². The smallest absolute Gasteiger partial charge is 0.449 e. The third-order valence-corrected chi connectivity index (χ3v) is 8.99. The summed E-state index contributed by atoms with van der Waals surface area (Å²) < 4.78 is 18.5. The minimum atomic E-state index is -0.572. The lowest BCUT2D eigenvalue weighted by atomic mass is 9.77. The second-order valence-electron chi connectivity index (χ2n) is 12.5. The van der Waals surface area contributed by atoms with Crippen LogP contribution < -0.4 is 5.32 Å². The molecule has 220 valence electrons. The second kappa shape index (κ2) is 12.9. The monoisotopic (exact) mass is 565 g/mol. The zero-order valence-corrected chi connectivity index (χ0v) is 25.7. The first-order chi connectivity index (χ1) is 20.2. The van der Waals surface area contributed by atoms with E-state index in [4.69, 9.17) is 14.0 Å². The topological polar surface area (TPSA) is 56.8 Å². The Morgan fingerprint density at radius 1 is 0.857 bits per heavy atom. The Morgan fingerprint density at radius 3 is 2.05 bits per heavy atom. The van der Waals surface area contributed by atoms with E-state index >= 15 is 0 Å². The summed E-state index contributed by atoms with van der Waals surface area (Å²) in [7, 11) is -0.572. The Hall–Kier alpha value is -3.35. The first-order valence-electron chi connectivity index (χ1n) is 15.4. The number of carbonyl (C=O) groups is 1. The lowest BCUT2D eigenvalue weighted by Gasteiger charge is -2.32. The van der Waals surface area contributed by atoms with E-state index < -0.39 is 24.4 Å². The molecule has 0 unspecified atom stereocenters. The largest absolute Gasteiger partial charge is 0.492 e. The Balaban J connectivity index is 1.26. The number of aryl methyl sites for hydroxylation is 1. The van der Waals surface area contributed by atoms with Crippen molar-refractivity contribution < 1.29 is 18.8 Å². The van der Waals surface area contributed by atoms with E-state index in [2.05, 4.69) is 79.0 Å². The van der Waals surface area contributed by atoms with Crippen molar-refractivity contribution in [1.82, 2.24) is 5.32 Å². The van der Waals surface area contributed by atoms with Crippen LogP contribution in [0.1, 0.15) is 88.5 Å². The van der Waals surface area contributed by atoms with Crippen molar-refractivity contribution >= 4 is 19.3 Å². The predicted octanol–water partition coefficient (Wildman–Crippen LogP) is 8.36. The third kappa shape index (κ3) is 6.66. The average molecular weight is 566 g/mol. The summed E-state index contributed by atoms with van der Waals surface area (Å²) in [5, 5.41) is 2.97. The Labute approximate surface area is 251 Å². The van der Waals surface area contributed by atoms with Gasteiger partial charge in [-0.1, -0.05) is 105 Å². The highest BCUT2D eigenvalue weighted by atomic mass is 16.7. The van der Waals surface area contributed by atoms with Crippen LogP contribution in [-0.4, -0.2) is 37.6 Å². The Kier molecular flexibility index (Phi) is 9.24. The van der Waals surface area contributed by atoms with Gasteiger partial charge in [0, 0.05) is 12.5 Å². The van der Waals surface area contributed by atoms with E-state index in [9.17, 15) is 4.79 Å². The predicted molar refractivity (Wildman–Crippen MR) is 171 cm³/mol. The van der Waals surface area contributed by atoms with Gasteiger partial charge in [-0.3, -0.25) is 0 Å². The molecule has 0 spiro atoms. The molecule has 0 bridgehead atoms. The molecule has 1 saturated heterocycles. The van der Waals surface area contributed by atoms with Gasteiger partial charge in [0.05, 0.1) is 11.2 Å².